The molecule has 0 saturated carbocycles. The van der Waals surface area contributed by atoms with E-state index in [1.807, 2.05) is 18.0 Å². The summed E-state index contributed by atoms with van der Waals surface area (Å²) >= 11 is 0. The number of hydrogen-bond donors (Lipinski definition) is 2. The molecule has 5 heteroatoms. The van der Waals surface area contributed by atoms with Gasteiger partial charge in [0, 0.05) is 26.1 Å². The molecule has 0 aliphatic heterocycles. The summed E-state index contributed by atoms with van der Waals surface area (Å²) in [4.78, 5) is 13.7. The third kappa shape index (κ3) is 4.53. The van der Waals surface area contributed by atoms with E-state index in [0.29, 0.717) is 30.8 Å². The number of nitrogens with one attached hydrogen (secondary N) is 1. The van der Waals surface area contributed by atoms with Crippen molar-refractivity contribution in [3.8, 4) is 6.07 Å². The van der Waals surface area contributed by atoms with Gasteiger partial charge in [0.15, 0.2) is 0 Å². The van der Waals surface area contributed by atoms with Crippen molar-refractivity contribution in [1.29, 1.82) is 5.26 Å². The van der Waals surface area contributed by atoms with Crippen molar-refractivity contribution >= 4 is 11.6 Å². The minimum absolute atomic E-state index is 0.0958. The van der Waals surface area contributed by atoms with Crippen molar-refractivity contribution in [2.24, 2.45) is 5.73 Å². The molecule has 0 saturated heterocycles. The zero-order valence-electron chi connectivity index (χ0n) is 10.5. The first-order valence-electron chi connectivity index (χ1n) is 5.85. The Bertz CT molecular complexity index is 439. The second-order valence-electron chi connectivity index (χ2n) is 4.05. The van der Waals surface area contributed by atoms with E-state index in [2.05, 4.69) is 5.32 Å². The van der Waals surface area contributed by atoms with Crippen molar-refractivity contribution < 1.29 is 4.79 Å². The van der Waals surface area contributed by atoms with Gasteiger partial charge in [-0.1, -0.05) is 12.1 Å². The van der Waals surface area contributed by atoms with Gasteiger partial charge in [-0.2, -0.15) is 5.26 Å². The lowest BCUT2D eigenvalue weighted by atomic mass is 10.2. The molecule has 0 aliphatic carbocycles. The van der Waals surface area contributed by atoms with E-state index in [1.165, 1.54) is 0 Å². The van der Waals surface area contributed by atoms with Crippen molar-refractivity contribution in [3.05, 3.63) is 29.8 Å². The quantitative estimate of drug-likeness (QED) is 0.777. The van der Waals surface area contributed by atoms with E-state index in [1.54, 1.807) is 24.3 Å². The van der Waals surface area contributed by atoms with E-state index in [-0.39, 0.29) is 5.91 Å². The number of nitrogens with two attached hydrogens (primary N) is 1. The molecular weight excluding hydrogens is 228 g/mol. The van der Waals surface area contributed by atoms with E-state index in [4.69, 9.17) is 11.0 Å². The van der Waals surface area contributed by atoms with Crippen LogP contribution in [0.1, 0.15) is 12.0 Å². The standard InChI is InChI=1S/C13H18N4O/c1-17(9-7-14)8-6-13(18)16-12-5-3-2-4-11(12)10-15/h2-5H,6-9,14H2,1H3,(H,16,18). The van der Waals surface area contributed by atoms with Crippen LogP contribution in [0.15, 0.2) is 24.3 Å². The first kappa shape index (κ1) is 14.2. The maximum Gasteiger partial charge on any atom is 0.225 e. The molecule has 0 bridgehead atoms. The highest BCUT2D eigenvalue weighted by Crippen LogP contribution is 2.13. The number of rotatable bonds is 6. The predicted octanol–water partition coefficient (Wildman–Crippen LogP) is 0.777. The number of nitriles is 1. The lowest BCUT2D eigenvalue weighted by Gasteiger charge is -2.14. The smallest absolute Gasteiger partial charge is 0.225 e. The van der Waals surface area contributed by atoms with Gasteiger partial charge in [-0.3, -0.25) is 4.79 Å². The summed E-state index contributed by atoms with van der Waals surface area (Å²) in [6.45, 7) is 2.00. The third-order valence-electron chi connectivity index (χ3n) is 2.55. The summed E-state index contributed by atoms with van der Waals surface area (Å²) in [7, 11) is 1.92. The van der Waals surface area contributed by atoms with Crippen LogP contribution >= 0.6 is 0 Å². The van der Waals surface area contributed by atoms with Crippen LogP contribution in [0, 0.1) is 11.3 Å². The monoisotopic (exact) mass is 246 g/mol. The molecule has 1 amide bonds. The zero-order chi connectivity index (χ0) is 13.4. The first-order valence-corrected chi connectivity index (χ1v) is 5.85. The minimum Gasteiger partial charge on any atom is -0.329 e. The van der Waals surface area contributed by atoms with Crippen molar-refractivity contribution in [3.63, 3.8) is 0 Å². The summed E-state index contributed by atoms with van der Waals surface area (Å²) < 4.78 is 0. The van der Waals surface area contributed by atoms with Crippen LogP contribution in [0.4, 0.5) is 5.69 Å². The van der Waals surface area contributed by atoms with Crippen molar-refractivity contribution in [2.75, 3.05) is 32.0 Å². The van der Waals surface area contributed by atoms with Crippen LogP contribution in [0.5, 0.6) is 0 Å². The second-order valence-corrected chi connectivity index (χ2v) is 4.05. The zero-order valence-corrected chi connectivity index (χ0v) is 10.5. The molecule has 1 aromatic rings. The largest absolute Gasteiger partial charge is 0.329 e. The molecule has 0 heterocycles. The predicted molar refractivity (Wildman–Crippen MR) is 71.0 cm³/mol. The number of anilines is 1. The van der Waals surface area contributed by atoms with Crippen LogP contribution in [0.25, 0.3) is 0 Å². The molecule has 96 valence electrons. The highest BCUT2D eigenvalue weighted by Gasteiger charge is 2.07. The summed E-state index contributed by atoms with van der Waals surface area (Å²) in [6.07, 6.45) is 0.385. The van der Waals surface area contributed by atoms with Gasteiger partial charge < -0.3 is 16.0 Å². The van der Waals surface area contributed by atoms with Gasteiger partial charge in [-0.05, 0) is 19.2 Å². The van der Waals surface area contributed by atoms with E-state index >= 15 is 0 Å². The fraction of sp³-hybridized carbons (Fsp3) is 0.385. The average Bonchev–Trinajstić information content (AvgIpc) is 2.37. The molecule has 1 rings (SSSR count). The minimum atomic E-state index is -0.0958. The molecule has 1 aromatic carbocycles. The van der Waals surface area contributed by atoms with E-state index in [9.17, 15) is 4.79 Å². The number of para-hydroxylation sites is 1. The summed E-state index contributed by atoms with van der Waals surface area (Å²) in [5.74, 6) is -0.0958. The third-order valence-corrected chi connectivity index (χ3v) is 2.55. The molecule has 0 spiro atoms. The molecule has 0 radical (unpaired) electrons. The van der Waals surface area contributed by atoms with Gasteiger partial charge in [0.1, 0.15) is 6.07 Å². The van der Waals surface area contributed by atoms with Gasteiger partial charge in [0.25, 0.3) is 0 Å². The van der Waals surface area contributed by atoms with E-state index < -0.39 is 0 Å². The maximum absolute atomic E-state index is 11.7. The molecule has 0 fully saturated rings. The Labute approximate surface area is 107 Å². The summed E-state index contributed by atoms with van der Waals surface area (Å²) in [5.41, 5.74) is 6.45. The van der Waals surface area contributed by atoms with Gasteiger partial charge >= 0.3 is 0 Å². The fourth-order valence-corrected chi connectivity index (χ4v) is 1.53. The van der Waals surface area contributed by atoms with Crippen LogP contribution in [0.2, 0.25) is 0 Å². The number of nitrogens with zero attached hydrogens (tertiary/aromatic N) is 2. The number of benzene rings is 1. The highest BCUT2D eigenvalue weighted by molar-refractivity contribution is 5.92. The first-order chi connectivity index (χ1) is 8.67. The topological polar surface area (TPSA) is 82.2 Å². The Morgan fingerprint density at radius 1 is 1.44 bits per heavy atom. The number of carbonyl (C=O) groups is 1. The normalized spacial score (nSPS) is 10.1. The summed E-state index contributed by atoms with van der Waals surface area (Å²) in [5, 5.41) is 11.6. The second kappa shape index (κ2) is 7.43. The van der Waals surface area contributed by atoms with Crippen molar-refractivity contribution in [1.82, 2.24) is 4.90 Å². The molecule has 0 aliphatic rings. The van der Waals surface area contributed by atoms with Crippen LogP contribution < -0.4 is 11.1 Å². The average molecular weight is 246 g/mol. The molecule has 0 unspecified atom stereocenters. The lowest BCUT2D eigenvalue weighted by Crippen LogP contribution is -2.29. The Hall–Kier alpha value is -1.90. The Morgan fingerprint density at radius 3 is 2.83 bits per heavy atom. The molecule has 3 N–H and O–H groups in total. The summed E-state index contributed by atoms with van der Waals surface area (Å²) in [6, 6.07) is 9.00. The molecule has 0 aromatic heterocycles. The lowest BCUT2D eigenvalue weighted by molar-refractivity contribution is -0.116. The number of carbonyl (C=O) groups excluding carboxylic acids is 1. The number of hydrogen-bond acceptors (Lipinski definition) is 4. The Morgan fingerprint density at radius 2 is 2.17 bits per heavy atom. The van der Waals surface area contributed by atoms with Crippen LogP contribution in [0.3, 0.4) is 0 Å². The van der Waals surface area contributed by atoms with Gasteiger partial charge in [0.2, 0.25) is 5.91 Å². The Kier molecular flexibility index (Phi) is 5.85. The van der Waals surface area contributed by atoms with Crippen LogP contribution in [-0.2, 0) is 4.79 Å². The number of amides is 1. The van der Waals surface area contributed by atoms with Gasteiger partial charge in [0.05, 0.1) is 11.3 Å². The van der Waals surface area contributed by atoms with Crippen LogP contribution in [-0.4, -0.2) is 37.5 Å². The van der Waals surface area contributed by atoms with Gasteiger partial charge in [-0.15, -0.1) is 0 Å². The fourth-order valence-electron chi connectivity index (χ4n) is 1.53. The SMILES string of the molecule is CN(CCN)CCC(=O)Nc1ccccc1C#N. The highest BCUT2D eigenvalue weighted by atomic mass is 16.1. The van der Waals surface area contributed by atoms with E-state index in [0.717, 1.165) is 6.54 Å². The molecule has 18 heavy (non-hydrogen) atoms. The van der Waals surface area contributed by atoms with Gasteiger partial charge in [-0.25, -0.2) is 0 Å². The molecule has 5 nitrogen and oxygen atoms in total. The Balaban J connectivity index is 2.48. The number of likely N-dealkylation sites (N-methyl/N-ethyl adjacent to an activating group) is 1. The van der Waals surface area contributed by atoms with Crippen molar-refractivity contribution in [2.45, 2.75) is 6.42 Å². The molecule has 0 atom stereocenters. The molecular formula is C13H18N4O. The maximum atomic E-state index is 11.7.